The minimum absolute atomic E-state index is 0.0191. The number of aliphatic hydroxyl groups is 1. The van der Waals surface area contributed by atoms with Crippen LogP contribution in [0.1, 0.15) is 51.3 Å². The van der Waals surface area contributed by atoms with Crippen molar-refractivity contribution in [2.75, 3.05) is 19.1 Å². The highest BCUT2D eigenvalue weighted by atomic mass is 32.2. The lowest BCUT2D eigenvalue weighted by molar-refractivity contribution is -0.147. The fourth-order valence-corrected chi connectivity index (χ4v) is 5.77. The van der Waals surface area contributed by atoms with Crippen LogP contribution in [0.4, 0.5) is 4.79 Å². The first-order valence-corrected chi connectivity index (χ1v) is 14.8. The van der Waals surface area contributed by atoms with Crippen molar-refractivity contribution in [3.05, 3.63) is 71.3 Å². The molecule has 2 aromatic rings. The van der Waals surface area contributed by atoms with E-state index in [0.717, 1.165) is 16.7 Å². The largest absolute Gasteiger partial charge is 0.447 e. The van der Waals surface area contributed by atoms with Crippen molar-refractivity contribution in [3.63, 3.8) is 0 Å². The molecule has 0 saturated carbocycles. The topological polar surface area (TPSA) is 117 Å². The summed E-state index contributed by atoms with van der Waals surface area (Å²) >= 11 is 1.47. The van der Waals surface area contributed by atoms with E-state index in [1.54, 1.807) is 0 Å². The van der Waals surface area contributed by atoms with Crippen LogP contribution in [0.25, 0.3) is 0 Å². The number of carbonyl (C=O) groups is 3. The SMILES string of the molecule is Cc1ccccc1CNC(=O)[C@H]1N(C(=O)[C@@H](O)[C@H](Cc2ccccc2)NC(=O)OCCOC(C)(C)C)CSC1(C)C. The Morgan fingerprint density at radius 2 is 1.73 bits per heavy atom. The van der Waals surface area contributed by atoms with Gasteiger partial charge in [-0.2, -0.15) is 0 Å². The van der Waals surface area contributed by atoms with Crippen molar-refractivity contribution >= 4 is 29.7 Å². The summed E-state index contributed by atoms with van der Waals surface area (Å²) in [5.41, 5.74) is 2.50. The van der Waals surface area contributed by atoms with Crippen LogP contribution in [-0.2, 0) is 32.0 Å². The summed E-state index contributed by atoms with van der Waals surface area (Å²) in [5.74, 6) is -0.691. The van der Waals surface area contributed by atoms with E-state index in [4.69, 9.17) is 9.47 Å². The van der Waals surface area contributed by atoms with Gasteiger partial charge in [-0.1, -0.05) is 54.6 Å². The fraction of sp³-hybridized carbons (Fsp3) is 0.516. The Bertz CT molecular complexity index is 1180. The van der Waals surface area contributed by atoms with E-state index < -0.39 is 34.9 Å². The van der Waals surface area contributed by atoms with Gasteiger partial charge in [-0.15, -0.1) is 11.8 Å². The molecule has 1 heterocycles. The van der Waals surface area contributed by atoms with Gasteiger partial charge in [0.25, 0.3) is 5.91 Å². The highest BCUT2D eigenvalue weighted by molar-refractivity contribution is 8.00. The third-order valence-electron chi connectivity index (χ3n) is 6.88. The molecule has 3 amide bonds. The van der Waals surface area contributed by atoms with E-state index >= 15 is 0 Å². The van der Waals surface area contributed by atoms with Gasteiger partial charge in [-0.3, -0.25) is 9.59 Å². The molecule has 0 radical (unpaired) electrons. The minimum Gasteiger partial charge on any atom is -0.447 e. The average molecular weight is 586 g/mol. The molecule has 224 valence electrons. The Labute approximate surface area is 247 Å². The lowest BCUT2D eigenvalue weighted by Gasteiger charge is -2.33. The molecule has 0 aromatic heterocycles. The molecule has 1 aliphatic rings. The second-order valence-electron chi connectivity index (χ2n) is 11.7. The molecule has 9 nitrogen and oxygen atoms in total. The normalized spacial score (nSPS) is 17.9. The van der Waals surface area contributed by atoms with E-state index in [0.29, 0.717) is 6.54 Å². The van der Waals surface area contributed by atoms with Crippen LogP contribution in [0.2, 0.25) is 0 Å². The monoisotopic (exact) mass is 585 g/mol. The summed E-state index contributed by atoms with van der Waals surface area (Å²) in [6, 6.07) is 15.2. The molecular formula is C31H43N3O6S. The van der Waals surface area contributed by atoms with Crippen LogP contribution >= 0.6 is 11.8 Å². The quantitative estimate of drug-likeness (QED) is 0.344. The lowest BCUT2D eigenvalue weighted by Crippen LogP contribution is -2.58. The van der Waals surface area contributed by atoms with Crippen LogP contribution < -0.4 is 10.6 Å². The Hall–Kier alpha value is -3.08. The maximum atomic E-state index is 13.7. The minimum atomic E-state index is -1.60. The smallest absolute Gasteiger partial charge is 0.407 e. The van der Waals surface area contributed by atoms with Gasteiger partial charge in [0.05, 0.1) is 24.1 Å². The van der Waals surface area contributed by atoms with Gasteiger partial charge in [0.1, 0.15) is 12.6 Å². The van der Waals surface area contributed by atoms with Crippen molar-refractivity contribution in [1.82, 2.24) is 15.5 Å². The van der Waals surface area contributed by atoms with Crippen molar-refractivity contribution < 1.29 is 29.0 Å². The molecule has 0 aliphatic carbocycles. The number of hydrogen-bond donors (Lipinski definition) is 3. The number of hydrogen-bond acceptors (Lipinski definition) is 7. The third kappa shape index (κ3) is 9.48. The van der Waals surface area contributed by atoms with Crippen LogP contribution in [0, 0.1) is 6.92 Å². The van der Waals surface area contributed by atoms with Crippen LogP contribution in [-0.4, -0.2) is 75.5 Å². The van der Waals surface area contributed by atoms with Crippen molar-refractivity contribution in [2.24, 2.45) is 0 Å². The van der Waals surface area contributed by atoms with Gasteiger partial charge in [-0.05, 0) is 64.7 Å². The standard InChI is InChI=1S/C31H43N3O6S/c1-21-12-10-11-15-23(21)19-32-27(36)26-31(5,6)41-20-34(26)28(37)25(35)24(18-22-13-8-7-9-14-22)33-29(38)39-16-17-40-30(2,3)4/h7-15,24-26,35H,16-20H2,1-6H3,(H,32,36)(H,33,38)/t24-,25-,26+/m0/s1. The number of rotatable bonds is 11. The predicted molar refractivity (Wildman–Crippen MR) is 160 cm³/mol. The number of aliphatic hydroxyl groups excluding tert-OH is 1. The molecule has 2 aromatic carbocycles. The van der Waals surface area contributed by atoms with Crippen molar-refractivity contribution in [2.45, 2.75) is 83.0 Å². The van der Waals surface area contributed by atoms with E-state index in [2.05, 4.69) is 10.6 Å². The number of nitrogens with zero attached hydrogens (tertiary/aromatic N) is 1. The Morgan fingerprint density at radius 1 is 1.07 bits per heavy atom. The number of amides is 3. The zero-order chi connectivity index (χ0) is 30.2. The summed E-state index contributed by atoms with van der Waals surface area (Å²) in [5, 5.41) is 16.9. The molecule has 0 unspecified atom stereocenters. The molecule has 0 spiro atoms. The second-order valence-corrected chi connectivity index (χ2v) is 13.3. The van der Waals surface area contributed by atoms with Crippen molar-refractivity contribution in [3.8, 4) is 0 Å². The van der Waals surface area contributed by atoms with Gasteiger partial charge < -0.3 is 30.1 Å². The first kappa shape index (κ1) is 32.4. The molecule has 0 bridgehead atoms. The van der Waals surface area contributed by atoms with E-state index in [1.165, 1.54) is 16.7 Å². The number of carbonyl (C=O) groups excluding carboxylic acids is 3. The molecule has 3 atom stereocenters. The van der Waals surface area contributed by atoms with Gasteiger partial charge in [0, 0.05) is 11.3 Å². The first-order valence-electron chi connectivity index (χ1n) is 13.8. The van der Waals surface area contributed by atoms with Crippen molar-refractivity contribution in [1.29, 1.82) is 0 Å². The summed E-state index contributed by atoms with van der Waals surface area (Å²) in [7, 11) is 0. The molecule has 10 heteroatoms. The average Bonchev–Trinajstić information content (AvgIpc) is 3.24. The van der Waals surface area contributed by atoms with Gasteiger partial charge in [0.2, 0.25) is 5.91 Å². The number of ether oxygens (including phenoxy) is 2. The predicted octanol–water partition coefficient (Wildman–Crippen LogP) is 3.80. The first-order chi connectivity index (χ1) is 19.3. The van der Waals surface area contributed by atoms with Gasteiger partial charge in [-0.25, -0.2) is 4.79 Å². The number of nitrogens with one attached hydrogen (secondary N) is 2. The van der Waals surface area contributed by atoms with Crippen LogP contribution in [0.3, 0.4) is 0 Å². The number of alkyl carbamates (subject to hydrolysis) is 1. The fourth-order valence-electron chi connectivity index (χ4n) is 4.63. The summed E-state index contributed by atoms with van der Waals surface area (Å²) in [6.07, 6.45) is -2.18. The van der Waals surface area contributed by atoms with Gasteiger partial charge in [0.15, 0.2) is 6.10 Å². The highest BCUT2D eigenvalue weighted by Crippen LogP contribution is 2.40. The Morgan fingerprint density at radius 3 is 2.39 bits per heavy atom. The van der Waals surface area contributed by atoms with E-state index in [1.807, 2.05) is 96.1 Å². The Balaban J connectivity index is 1.72. The molecule has 1 saturated heterocycles. The molecule has 1 aliphatic heterocycles. The zero-order valence-corrected chi connectivity index (χ0v) is 25.6. The third-order valence-corrected chi connectivity index (χ3v) is 8.25. The van der Waals surface area contributed by atoms with E-state index in [9.17, 15) is 19.5 Å². The van der Waals surface area contributed by atoms with Gasteiger partial charge >= 0.3 is 6.09 Å². The summed E-state index contributed by atoms with van der Waals surface area (Å²) < 4.78 is 10.3. The van der Waals surface area contributed by atoms with Crippen LogP contribution in [0.15, 0.2) is 54.6 Å². The Kier molecular flexibility index (Phi) is 11.2. The second kappa shape index (κ2) is 14.2. The lowest BCUT2D eigenvalue weighted by atomic mass is 9.97. The zero-order valence-electron chi connectivity index (χ0n) is 24.8. The molecule has 3 rings (SSSR count). The molecule has 41 heavy (non-hydrogen) atoms. The number of benzene rings is 2. The number of aryl methyl sites for hydroxylation is 1. The molecular weight excluding hydrogens is 542 g/mol. The summed E-state index contributed by atoms with van der Waals surface area (Å²) in [6.45, 7) is 12.1. The van der Waals surface area contributed by atoms with Crippen LogP contribution in [0.5, 0.6) is 0 Å². The highest BCUT2D eigenvalue weighted by Gasteiger charge is 2.49. The maximum Gasteiger partial charge on any atom is 0.407 e. The van der Waals surface area contributed by atoms with E-state index in [-0.39, 0.29) is 37.0 Å². The maximum absolute atomic E-state index is 13.7. The number of thioether (sulfide) groups is 1. The summed E-state index contributed by atoms with van der Waals surface area (Å²) in [4.78, 5) is 41.2. The molecule has 1 fully saturated rings. The molecule has 3 N–H and O–H groups in total.